The van der Waals surface area contributed by atoms with Gasteiger partial charge in [-0.2, -0.15) is 0 Å². The first-order chi connectivity index (χ1) is 15.5. The summed E-state index contributed by atoms with van der Waals surface area (Å²) in [4.78, 5) is 41.7. The van der Waals surface area contributed by atoms with Gasteiger partial charge in [-0.3, -0.25) is 14.4 Å². The van der Waals surface area contributed by atoms with Gasteiger partial charge in [0, 0.05) is 37.8 Å². The lowest BCUT2D eigenvalue weighted by Crippen LogP contribution is -2.44. The molecule has 2 aliphatic rings. The largest absolute Gasteiger partial charge is 0.342 e. The molecule has 1 N–H and O–H groups in total. The zero-order valence-electron chi connectivity index (χ0n) is 17.8. The number of nitrogens with zero attached hydrogens (tertiary/aromatic N) is 4. The molecule has 170 valence electrons. The Kier molecular flexibility index (Phi) is 7.09. The number of rotatable bonds is 4. The summed E-state index contributed by atoms with van der Waals surface area (Å²) >= 11 is 0.923. The van der Waals surface area contributed by atoms with E-state index < -0.39 is 11.7 Å². The Labute approximate surface area is 189 Å². The first-order valence-corrected chi connectivity index (χ1v) is 11.8. The second-order valence-electron chi connectivity index (χ2n) is 8.18. The van der Waals surface area contributed by atoms with Gasteiger partial charge in [0.1, 0.15) is 5.82 Å². The molecule has 3 heterocycles. The highest BCUT2D eigenvalue weighted by Crippen LogP contribution is 2.24. The molecule has 0 aliphatic carbocycles. The van der Waals surface area contributed by atoms with E-state index in [1.807, 2.05) is 4.90 Å². The molecule has 3 amide bonds. The second kappa shape index (κ2) is 10.2. The van der Waals surface area contributed by atoms with Crippen LogP contribution in [-0.2, 0) is 4.79 Å². The average molecular weight is 460 g/mol. The number of carbonyl (C=O) groups is 3. The van der Waals surface area contributed by atoms with Crippen LogP contribution < -0.4 is 5.32 Å². The summed E-state index contributed by atoms with van der Waals surface area (Å²) in [5.74, 6) is -0.999. The van der Waals surface area contributed by atoms with Crippen LogP contribution in [0.5, 0.6) is 0 Å². The summed E-state index contributed by atoms with van der Waals surface area (Å²) in [6.45, 7) is 2.65. The minimum Gasteiger partial charge on any atom is -0.342 e. The SMILES string of the molecule is O=C(Nc1ccc(F)cc1)c1nnc(C(=O)N2CCC(C(=O)N3CCCCCC3)CC2)s1. The van der Waals surface area contributed by atoms with Gasteiger partial charge in [-0.15, -0.1) is 10.2 Å². The van der Waals surface area contributed by atoms with Crippen molar-refractivity contribution in [1.82, 2.24) is 20.0 Å². The number of nitrogens with one attached hydrogen (secondary N) is 1. The van der Waals surface area contributed by atoms with Crippen molar-refractivity contribution in [3.05, 3.63) is 40.1 Å². The van der Waals surface area contributed by atoms with Gasteiger partial charge in [-0.25, -0.2) is 4.39 Å². The Morgan fingerprint density at radius 2 is 1.50 bits per heavy atom. The molecule has 0 bridgehead atoms. The number of likely N-dealkylation sites (tertiary alicyclic amines) is 2. The van der Waals surface area contributed by atoms with E-state index in [0.29, 0.717) is 31.6 Å². The Hall–Kier alpha value is -2.88. The van der Waals surface area contributed by atoms with Crippen LogP contribution in [0.15, 0.2) is 24.3 Å². The van der Waals surface area contributed by atoms with Gasteiger partial charge in [-0.05, 0) is 49.9 Å². The number of carbonyl (C=O) groups excluding carboxylic acids is 3. The van der Waals surface area contributed by atoms with Crippen molar-refractivity contribution in [3.8, 4) is 0 Å². The summed E-state index contributed by atoms with van der Waals surface area (Å²) < 4.78 is 13.0. The molecule has 0 spiro atoms. The molecule has 0 unspecified atom stereocenters. The topological polar surface area (TPSA) is 95.5 Å². The van der Waals surface area contributed by atoms with Crippen molar-refractivity contribution in [2.45, 2.75) is 38.5 Å². The monoisotopic (exact) mass is 459 g/mol. The second-order valence-corrected chi connectivity index (χ2v) is 9.16. The highest BCUT2D eigenvalue weighted by atomic mass is 32.1. The molecular weight excluding hydrogens is 433 g/mol. The van der Waals surface area contributed by atoms with Gasteiger partial charge >= 0.3 is 0 Å². The minimum atomic E-state index is -0.505. The summed E-state index contributed by atoms with van der Waals surface area (Å²) in [5.41, 5.74) is 0.427. The molecule has 1 aromatic heterocycles. The van der Waals surface area contributed by atoms with E-state index in [0.717, 1.165) is 37.3 Å². The predicted molar refractivity (Wildman–Crippen MR) is 118 cm³/mol. The standard InChI is InChI=1S/C22H26FN5O3S/c23-16-5-7-17(8-6-16)24-18(29)19-25-26-20(32-19)22(31)28-13-9-15(10-14-28)21(30)27-11-3-1-2-4-12-27/h5-8,15H,1-4,9-14H2,(H,24,29). The summed E-state index contributed by atoms with van der Waals surface area (Å²) in [6, 6.07) is 5.37. The number of benzene rings is 1. The van der Waals surface area contributed by atoms with Gasteiger partial charge in [0.2, 0.25) is 15.9 Å². The Bertz CT molecular complexity index is 964. The van der Waals surface area contributed by atoms with E-state index >= 15 is 0 Å². The third-order valence-electron chi connectivity index (χ3n) is 5.95. The first kappa shape index (κ1) is 22.3. The van der Waals surface area contributed by atoms with Crippen molar-refractivity contribution < 1.29 is 18.8 Å². The molecule has 2 saturated heterocycles. The van der Waals surface area contributed by atoms with E-state index in [2.05, 4.69) is 15.5 Å². The number of hydrogen-bond acceptors (Lipinski definition) is 6. The van der Waals surface area contributed by atoms with Crippen LogP contribution in [0.3, 0.4) is 0 Å². The molecule has 8 nitrogen and oxygen atoms in total. The maximum absolute atomic E-state index is 13.0. The van der Waals surface area contributed by atoms with Crippen molar-refractivity contribution >= 4 is 34.7 Å². The molecule has 0 saturated carbocycles. The van der Waals surface area contributed by atoms with Crippen LogP contribution >= 0.6 is 11.3 Å². The average Bonchev–Trinajstić information content (AvgIpc) is 3.15. The van der Waals surface area contributed by atoms with Crippen LogP contribution in [0, 0.1) is 11.7 Å². The van der Waals surface area contributed by atoms with E-state index in [1.165, 1.54) is 37.1 Å². The van der Waals surface area contributed by atoms with Crippen molar-refractivity contribution in [3.63, 3.8) is 0 Å². The van der Waals surface area contributed by atoms with Gasteiger partial charge < -0.3 is 15.1 Å². The van der Waals surface area contributed by atoms with Crippen LogP contribution in [-0.4, -0.2) is 63.9 Å². The molecule has 2 aliphatic heterocycles. The Balaban J connectivity index is 1.30. The van der Waals surface area contributed by atoms with E-state index in [9.17, 15) is 18.8 Å². The van der Waals surface area contributed by atoms with Crippen molar-refractivity contribution in [2.24, 2.45) is 5.92 Å². The maximum atomic E-state index is 13.0. The maximum Gasteiger partial charge on any atom is 0.286 e. The van der Waals surface area contributed by atoms with E-state index in [4.69, 9.17) is 0 Å². The third-order valence-corrected chi connectivity index (χ3v) is 6.86. The lowest BCUT2D eigenvalue weighted by atomic mass is 9.95. The highest BCUT2D eigenvalue weighted by Gasteiger charge is 2.32. The van der Waals surface area contributed by atoms with Crippen molar-refractivity contribution in [1.29, 1.82) is 0 Å². The summed E-state index contributed by atoms with van der Waals surface area (Å²) in [6.07, 6.45) is 5.77. The number of amides is 3. The normalized spacial score (nSPS) is 17.7. The van der Waals surface area contributed by atoms with Crippen LogP contribution in [0.2, 0.25) is 0 Å². The zero-order valence-corrected chi connectivity index (χ0v) is 18.6. The molecule has 2 aromatic rings. The fourth-order valence-electron chi connectivity index (χ4n) is 4.13. The number of piperidine rings is 1. The lowest BCUT2D eigenvalue weighted by molar-refractivity contribution is -0.136. The molecule has 0 atom stereocenters. The summed E-state index contributed by atoms with van der Waals surface area (Å²) in [5, 5.41) is 10.5. The quantitative estimate of drug-likeness (QED) is 0.758. The van der Waals surface area contributed by atoms with Crippen LogP contribution in [0.25, 0.3) is 0 Å². The number of anilines is 1. The lowest BCUT2D eigenvalue weighted by Gasteiger charge is -2.33. The van der Waals surface area contributed by atoms with Gasteiger partial charge in [0.05, 0.1) is 0 Å². The molecule has 32 heavy (non-hydrogen) atoms. The predicted octanol–water partition coefficient (Wildman–Crippen LogP) is 3.18. The molecule has 1 aromatic carbocycles. The van der Waals surface area contributed by atoms with Crippen molar-refractivity contribution in [2.75, 3.05) is 31.5 Å². The first-order valence-electron chi connectivity index (χ1n) is 11.0. The molecule has 10 heteroatoms. The number of aromatic nitrogens is 2. The fraction of sp³-hybridized carbons (Fsp3) is 0.500. The smallest absolute Gasteiger partial charge is 0.286 e. The third kappa shape index (κ3) is 5.29. The van der Waals surface area contributed by atoms with Gasteiger partial charge in [-0.1, -0.05) is 24.2 Å². The minimum absolute atomic E-state index is 0.0383. The highest BCUT2D eigenvalue weighted by molar-refractivity contribution is 7.15. The Morgan fingerprint density at radius 1 is 0.875 bits per heavy atom. The van der Waals surface area contributed by atoms with Gasteiger partial charge in [0.25, 0.3) is 11.8 Å². The molecule has 2 fully saturated rings. The zero-order chi connectivity index (χ0) is 22.5. The van der Waals surface area contributed by atoms with Crippen LogP contribution in [0.4, 0.5) is 10.1 Å². The molecular formula is C22H26FN5O3S. The Morgan fingerprint density at radius 3 is 2.16 bits per heavy atom. The molecule has 0 radical (unpaired) electrons. The fourth-order valence-corrected chi connectivity index (χ4v) is 4.84. The number of hydrogen-bond donors (Lipinski definition) is 1. The summed E-state index contributed by atoms with van der Waals surface area (Å²) in [7, 11) is 0. The van der Waals surface area contributed by atoms with E-state index in [1.54, 1.807) is 4.90 Å². The molecule has 4 rings (SSSR count). The van der Waals surface area contributed by atoms with Crippen LogP contribution in [0.1, 0.15) is 58.1 Å². The van der Waals surface area contributed by atoms with E-state index in [-0.39, 0.29) is 27.7 Å². The number of halogens is 1. The van der Waals surface area contributed by atoms with Gasteiger partial charge in [0.15, 0.2) is 0 Å².